The molecule has 0 aliphatic carbocycles. The van der Waals surface area contributed by atoms with Crippen molar-refractivity contribution in [1.29, 1.82) is 0 Å². The van der Waals surface area contributed by atoms with Gasteiger partial charge in [-0.1, -0.05) is 32.9 Å². The molecule has 0 aliphatic rings. The standard InChI is InChI=1S/C17H20F2N2O3/c1-17(2,3)14-8-9-15(23)21(20-14)10-13(22)11-4-6-12(7-5-11)24-16(18)19/h4-9,13,16,22H,10H2,1-3H3. The third-order valence-corrected chi connectivity index (χ3v) is 3.47. The highest BCUT2D eigenvalue weighted by atomic mass is 19.3. The first kappa shape index (κ1) is 18.1. The van der Waals surface area contributed by atoms with Crippen LogP contribution in [0.1, 0.15) is 38.1 Å². The highest BCUT2D eigenvalue weighted by molar-refractivity contribution is 5.28. The number of aliphatic hydroxyl groups is 1. The molecule has 0 saturated carbocycles. The van der Waals surface area contributed by atoms with Crippen molar-refractivity contribution in [1.82, 2.24) is 9.78 Å². The fourth-order valence-electron chi connectivity index (χ4n) is 2.12. The van der Waals surface area contributed by atoms with E-state index in [1.807, 2.05) is 20.8 Å². The lowest BCUT2D eigenvalue weighted by atomic mass is 9.92. The van der Waals surface area contributed by atoms with E-state index >= 15 is 0 Å². The Hall–Kier alpha value is -2.28. The second-order valence-electron chi connectivity index (χ2n) is 6.45. The van der Waals surface area contributed by atoms with Gasteiger partial charge in [0.15, 0.2) is 0 Å². The molecular formula is C17H20F2N2O3. The Morgan fingerprint density at radius 3 is 2.33 bits per heavy atom. The average Bonchev–Trinajstić information content (AvgIpc) is 2.48. The van der Waals surface area contributed by atoms with Crippen LogP contribution < -0.4 is 10.3 Å². The molecule has 1 unspecified atom stereocenters. The fourth-order valence-corrected chi connectivity index (χ4v) is 2.12. The summed E-state index contributed by atoms with van der Waals surface area (Å²) < 4.78 is 29.7. The number of hydrogen-bond acceptors (Lipinski definition) is 4. The van der Waals surface area contributed by atoms with Gasteiger partial charge in [0.2, 0.25) is 0 Å². The number of benzene rings is 1. The van der Waals surface area contributed by atoms with Crippen LogP contribution in [-0.4, -0.2) is 21.5 Å². The number of rotatable bonds is 5. The van der Waals surface area contributed by atoms with E-state index in [-0.39, 0.29) is 23.3 Å². The van der Waals surface area contributed by atoms with E-state index in [0.717, 1.165) is 5.69 Å². The van der Waals surface area contributed by atoms with Gasteiger partial charge in [0.25, 0.3) is 5.56 Å². The zero-order chi connectivity index (χ0) is 17.9. The molecule has 5 nitrogen and oxygen atoms in total. The minimum atomic E-state index is -2.90. The van der Waals surface area contributed by atoms with Gasteiger partial charge in [0.1, 0.15) is 5.75 Å². The highest BCUT2D eigenvalue weighted by Gasteiger charge is 2.18. The Balaban J connectivity index is 2.17. The van der Waals surface area contributed by atoms with Crippen LogP contribution >= 0.6 is 0 Å². The summed E-state index contributed by atoms with van der Waals surface area (Å²) in [5.74, 6) is 0.00553. The molecule has 1 N–H and O–H groups in total. The normalized spacial score (nSPS) is 13.1. The van der Waals surface area contributed by atoms with E-state index in [1.54, 1.807) is 6.07 Å². The monoisotopic (exact) mass is 338 g/mol. The largest absolute Gasteiger partial charge is 0.435 e. The van der Waals surface area contributed by atoms with Gasteiger partial charge in [-0.05, 0) is 23.8 Å². The van der Waals surface area contributed by atoms with Crippen LogP contribution in [0.15, 0.2) is 41.2 Å². The van der Waals surface area contributed by atoms with Crippen molar-refractivity contribution >= 4 is 0 Å². The molecule has 0 amide bonds. The minimum Gasteiger partial charge on any atom is -0.435 e. The summed E-state index contributed by atoms with van der Waals surface area (Å²) in [5, 5.41) is 14.6. The SMILES string of the molecule is CC(C)(C)c1ccc(=O)n(CC(O)c2ccc(OC(F)F)cc2)n1. The third-order valence-electron chi connectivity index (χ3n) is 3.47. The van der Waals surface area contributed by atoms with Gasteiger partial charge in [0.05, 0.1) is 18.3 Å². The lowest BCUT2D eigenvalue weighted by molar-refractivity contribution is -0.0498. The van der Waals surface area contributed by atoms with E-state index in [0.29, 0.717) is 5.56 Å². The summed E-state index contributed by atoms with van der Waals surface area (Å²) in [5.41, 5.74) is 0.662. The first-order valence-corrected chi connectivity index (χ1v) is 7.48. The lowest BCUT2D eigenvalue weighted by Gasteiger charge is -2.19. The molecule has 0 saturated heterocycles. The third kappa shape index (κ3) is 4.61. The van der Waals surface area contributed by atoms with Gasteiger partial charge in [-0.25, -0.2) is 4.68 Å². The van der Waals surface area contributed by atoms with Crippen molar-refractivity contribution in [3.63, 3.8) is 0 Å². The van der Waals surface area contributed by atoms with E-state index in [4.69, 9.17) is 0 Å². The Morgan fingerprint density at radius 2 is 1.79 bits per heavy atom. The molecule has 0 radical (unpaired) electrons. The quantitative estimate of drug-likeness (QED) is 0.910. The van der Waals surface area contributed by atoms with Crippen molar-refractivity contribution < 1.29 is 18.6 Å². The predicted molar refractivity (Wildman–Crippen MR) is 85.2 cm³/mol. The van der Waals surface area contributed by atoms with Crippen LogP contribution in [0, 0.1) is 0 Å². The van der Waals surface area contributed by atoms with Crippen LogP contribution in [0.4, 0.5) is 8.78 Å². The molecule has 0 fully saturated rings. The zero-order valence-corrected chi connectivity index (χ0v) is 13.7. The fraction of sp³-hybridized carbons (Fsp3) is 0.412. The van der Waals surface area contributed by atoms with Crippen molar-refractivity contribution in [3.05, 3.63) is 58.0 Å². The van der Waals surface area contributed by atoms with Crippen molar-refractivity contribution in [2.45, 2.75) is 45.4 Å². The van der Waals surface area contributed by atoms with E-state index in [1.165, 1.54) is 35.0 Å². The summed E-state index contributed by atoms with van der Waals surface area (Å²) >= 11 is 0. The lowest BCUT2D eigenvalue weighted by Crippen LogP contribution is -2.28. The van der Waals surface area contributed by atoms with E-state index in [2.05, 4.69) is 9.84 Å². The first-order valence-electron chi connectivity index (χ1n) is 7.48. The van der Waals surface area contributed by atoms with Gasteiger partial charge in [0, 0.05) is 11.5 Å². The first-order chi connectivity index (χ1) is 11.2. The van der Waals surface area contributed by atoms with Gasteiger partial charge in [-0.3, -0.25) is 4.79 Å². The molecule has 24 heavy (non-hydrogen) atoms. The zero-order valence-electron chi connectivity index (χ0n) is 13.7. The number of aromatic nitrogens is 2. The van der Waals surface area contributed by atoms with Crippen LogP contribution in [0.2, 0.25) is 0 Å². The van der Waals surface area contributed by atoms with Gasteiger partial charge in [-0.15, -0.1) is 0 Å². The molecule has 1 aromatic carbocycles. The maximum absolute atomic E-state index is 12.1. The van der Waals surface area contributed by atoms with Crippen molar-refractivity contribution in [2.24, 2.45) is 0 Å². The molecule has 0 aliphatic heterocycles. The van der Waals surface area contributed by atoms with E-state index in [9.17, 15) is 18.7 Å². The summed E-state index contributed by atoms with van der Waals surface area (Å²) in [6.45, 7) is 2.99. The number of hydrogen-bond donors (Lipinski definition) is 1. The molecule has 2 rings (SSSR count). The molecule has 7 heteroatoms. The molecule has 2 aromatic rings. The topological polar surface area (TPSA) is 64.4 Å². The Labute approximate surface area is 138 Å². The molecule has 0 spiro atoms. The maximum Gasteiger partial charge on any atom is 0.387 e. The van der Waals surface area contributed by atoms with Crippen molar-refractivity contribution in [2.75, 3.05) is 0 Å². The van der Waals surface area contributed by atoms with Gasteiger partial charge >= 0.3 is 6.61 Å². The Bertz CT molecular complexity index is 737. The molecule has 1 heterocycles. The van der Waals surface area contributed by atoms with E-state index < -0.39 is 12.7 Å². The molecule has 1 aromatic heterocycles. The molecule has 130 valence electrons. The maximum atomic E-state index is 12.1. The van der Waals surface area contributed by atoms with Crippen LogP contribution in [0.25, 0.3) is 0 Å². The summed E-state index contributed by atoms with van der Waals surface area (Å²) in [6, 6.07) is 8.71. The summed E-state index contributed by atoms with van der Waals surface area (Å²) in [6.07, 6.45) is -0.994. The van der Waals surface area contributed by atoms with Gasteiger partial charge in [-0.2, -0.15) is 13.9 Å². The van der Waals surface area contributed by atoms with Crippen molar-refractivity contribution in [3.8, 4) is 5.75 Å². The predicted octanol–water partition coefficient (Wildman–Crippen LogP) is 2.88. The number of alkyl halides is 2. The summed E-state index contributed by atoms with van der Waals surface area (Å²) in [4.78, 5) is 11.9. The van der Waals surface area contributed by atoms with Crippen LogP contribution in [0.3, 0.4) is 0 Å². The Morgan fingerprint density at radius 1 is 1.17 bits per heavy atom. The summed E-state index contributed by atoms with van der Waals surface area (Å²) in [7, 11) is 0. The Kier molecular flexibility index (Phi) is 5.33. The average molecular weight is 338 g/mol. The molecule has 0 bridgehead atoms. The second kappa shape index (κ2) is 7.09. The smallest absolute Gasteiger partial charge is 0.387 e. The number of ether oxygens (including phenoxy) is 1. The number of nitrogens with zero attached hydrogens (tertiary/aromatic N) is 2. The number of halogens is 2. The minimum absolute atomic E-state index is 0.00553. The second-order valence-corrected chi connectivity index (χ2v) is 6.45. The molecular weight excluding hydrogens is 318 g/mol. The molecule has 1 atom stereocenters. The number of aliphatic hydroxyl groups excluding tert-OH is 1. The van der Waals surface area contributed by atoms with Gasteiger partial charge < -0.3 is 9.84 Å². The van der Waals surface area contributed by atoms with Crippen LogP contribution in [-0.2, 0) is 12.0 Å². The van der Waals surface area contributed by atoms with Crippen LogP contribution in [0.5, 0.6) is 5.75 Å². The highest BCUT2D eigenvalue weighted by Crippen LogP contribution is 2.21.